The number of hydrogen-bond donors (Lipinski definition) is 1. The van der Waals surface area contributed by atoms with Crippen LogP contribution in [0.25, 0.3) is 16.9 Å². The Labute approximate surface area is 168 Å². The van der Waals surface area contributed by atoms with Gasteiger partial charge in [-0.3, -0.25) is 9.59 Å². The summed E-state index contributed by atoms with van der Waals surface area (Å²) in [6.45, 7) is 0.635. The van der Waals surface area contributed by atoms with Crippen molar-refractivity contribution in [2.24, 2.45) is 5.92 Å². The highest BCUT2D eigenvalue weighted by molar-refractivity contribution is 5.94. The molecule has 148 valence electrons. The van der Waals surface area contributed by atoms with Gasteiger partial charge in [0.2, 0.25) is 0 Å². The quantitative estimate of drug-likeness (QED) is 0.722. The molecule has 7 heteroatoms. The van der Waals surface area contributed by atoms with Gasteiger partial charge < -0.3 is 14.7 Å². The first-order valence-electron chi connectivity index (χ1n) is 9.39. The zero-order chi connectivity index (χ0) is 20.4. The molecule has 0 bridgehead atoms. The summed E-state index contributed by atoms with van der Waals surface area (Å²) < 4.78 is 6.96. The number of rotatable bonds is 5. The van der Waals surface area contributed by atoms with Crippen LogP contribution in [0.5, 0.6) is 5.75 Å². The van der Waals surface area contributed by atoms with Crippen molar-refractivity contribution in [2.45, 2.75) is 6.42 Å². The molecule has 1 aliphatic heterocycles. The normalized spacial score (nSPS) is 16.0. The summed E-state index contributed by atoms with van der Waals surface area (Å²) in [7, 11) is 1.61. The highest BCUT2D eigenvalue weighted by Gasteiger charge is 2.32. The van der Waals surface area contributed by atoms with E-state index in [1.165, 1.54) is 0 Å². The van der Waals surface area contributed by atoms with Crippen LogP contribution in [0.4, 0.5) is 0 Å². The minimum Gasteiger partial charge on any atom is -0.497 e. The number of carbonyl (C=O) groups is 2. The molecule has 1 aliphatic rings. The summed E-state index contributed by atoms with van der Waals surface area (Å²) in [5.74, 6) is -0.893. The van der Waals surface area contributed by atoms with Crippen LogP contribution in [-0.2, 0) is 4.79 Å². The second-order valence-corrected chi connectivity index (χ2v) is 6.97. The van der Waals surface area contributed by atoms with Crippen LogP contribution in [0, 0.1) is 5.92 Å². The van der Waals surface area contributed by atoms with Gasteiger partial charge in [-0.2, -0.15) is 5.10 Å². The van der Waals surface area contributed by atoms with Crippen LogP contribution in [0.1, 0.15) is 16.9 Å². The Kier molecular flexibility index (Phi) is 5.03. The molecule has 0 spiro atoms. The Morgan fingerprint density at radius 1 is 1.10 bits per heavy atom. The van der Waals surface area contributed by atoms with Gasteiger partial charge >= 0.3 is 5.97 Å². The largest absolute Gasteiger partial charge is 0.497 e. The number of aromatic nitrogens is 2. The minimum absolute atomic E-state index is 0.213. The highest BCUT2D eigenvalue weighted by atomic mass is 16.5. The molecule has 0 saturated carbocycles. The van der Waals surface area contributed by atoms with E-state index in [4.69, 9.17) is 4.74 Å². The molecule has 1 saturated heterocycles. The van der Waals surface area contributed by atoms with Crippen molar-refractivity contribution in [3.8, 4) is 22.7 Å². The van der Waals surface area contributed by atoms with Crippen molar-refractivity contribution in [1.29, 1.82) is 0 Å². The van der Waals surface area contributed by atoms with Gasteiger partial charge in [-0.1, -0.05) is 18.2 Å². The van der Waals surface area contributed by atoms with Gasteiger partial charge in [-0.05, 0) is 48.9 Å². The molecule has 0 radical (unpaired) electrons. The van der Waals surface area contributed by atoms with E-state index < -0.39 is 11.9 Å². The van der Waals surface area contributed by atoms with E-state index in [0.29, 0.717) is 18.7 Å². The van der Waals surface area contributed by atoms with Crippen LogP contribution < -0.4 is 4.74 Å². The minimum atomic E-state index is -0.867. The van der Waals surface area contributed by atoms with E-state index in [1.807, 2.05) is 54.6 Å². The highest BCUT2D eigenvalue weighted by Crippen LogP contribution is 2.27. The maximum absolute atomic E-state index is 13.0. The van der Waals surface area contributed by atoms with Gasteiger partial charge in [-0.15, -0.1) is 0 Å². The monoisotopic (exact) mass is 391 g/mol. The molecule has 29 heavy (non-hydrogen) atoms. The number of amides is 1. The number of benzene rings is 2. The van der Waals surface area contributed by atoms with Gasteiger partial charge in [0.1, 0.15) is 5.75 Å². The third-order valence-electron chi connectivity index (χ3n) is 5.14. The van der Waals surface area contributed by atoms with Crippen LogP contribution in [-0.4, -0.2) is 51.9 Å². The fraction of sp³-hybridized carbons (Fsp3) is 0.227. The molecule has 1 amide bonds. The maximum atomic E-state index is 13.0. The lowest BCUT2D eigenvalue weighted by molar-refractivity contribution is -0.141. The second kappa shape index (κ2) is 7.79. The van der Waals surface area contributed by atoms with Crippen molar-refractivity contribution in [3.05, 3.63) is 66.4 Å². The average molecular weight is 391 g/mol. The molecule has 1 aromatic heterocycles. The lowest BCUT2D eigenvalue weighted by Gasteiger charge is -2.13. The fourth-order valence-corrected chi connectivity index (χ4v) is 3.53. The number of nitrogens with zero attached hydrogens (tertiary/aromatic N) is 3. The predicted molar refractivity (Wildman–Crippen MR) is 107 cm³/mol. The van der Waals surface area contributed by atoms with E-state index in [2.05, 4.69) is 5.10 Å². The lowest BCUT2D eigenvalue weighted by Crippen LogP contribution is -2.30. The van der Waals surface area contributed by atoms with Crippen molar-refractivity contribution in [3.63, 3.8) is 0 Å². The average Bonchev–Trinajstić information content (AvgIpc) is 3.42. The number of aliphatic carboxylic acids is 1. The summed E-state index contributed by atoms with van der Waals surface area (Å²) in [6, 6.07) is 18.9. The number of ether oxygens (including phenoxy) is 1. The number of carboxylic acids is 1. The standard InChI is InChI=1S/C22H21N3O4/c1-29-18-9-7-15(8-10-18)20-13-19(23-25(20)17-5-3-2-4-6-17)21(26)24-12-11-16(14-24)22(27)28/h2-10,13,16H,11-12,14H2,1H3,(H,27,28)/t16-/m0/s1. The Hall–Kier alpha value is -3.61. The number of para-hydroxylation sites is 1. The van der Waals surface area contributed by atoms with Gasteiger partial charge in [0.05, 0.1) is 24.4 Å². The molecule has 0 aliphatic carbocycles. The van der Waals surface area contributed by atoms with Crippen molar-refractivity contribution in [2.75, 3.05) is 20.2 Å². The van der Waals surface area contributed by atoms with E-state index in [1.54, 1.807) is 22.8 Å². The van der Waals surface area contributed by atoms with Gasteiger partial charge in [-0.25, -0.2) is 4.68 Å². The number of likely N-dealkylation sites (tertiary alicyclic amines) is 1. The summed E-state index contributed by atoms with van der Waals surface area (Å²) in [5.41, 5.74) is 2.80. The number of hydrogen-bond acceptors (Lipinski definition) is 4. The fourth-order valence-electron chi connectivity index (χ4n) is 3.53. The van der Waals surface area contributed by atoms with Gasteiger partial charge in [0, 0.05) is 18.7 Å². The Morgan fingerprint density at radius 2 is 1.83 bits per heavy atom. The number of carbonyl (C=O) groups excluding carboxylic acids is 1. The molecule has 4 rings (SSSR count). The molecule has 2 heterocycles. The zero-order valence-electron chi connectivity index (χ0n) is 16.0. The summed E-state index contributed by atoms with van der Waals surface area (Å²) in [5, 5.41) is 13.8. The Morgan fingerprint density at radius 3 is 2.45 bits per heavy atom. The molecular weight excluding hydrogens is 370 g/mol. The van der Waals surface area contributed by atoms with Crippen LogP contribution >= 0.6 is 0 Å². The molecule has 1 fully saturated rings. The molecule has 3 aromatic rings. The van der Waals surface area contributed by atoms with Crippen molar-refractivity contribution < 1.29 is 19.4 Å². The summed E-state index contributed by atoms with van der Waals surface area (Å²) in [6.07, 6.45) is 0.464. The number of carboxylic acid groups (broad SMARTS) is 1. The maximum Gasteiger partial charge on any atom is 0.308 e. The Balaban J connectivity index is 1.71. The lowest BCUT2D eigenvalue weighted by atomic mass is 10.1. The van der Waals surface area contributed by atoms with Crippen LogP contribution in [0.3, 0.4) is 0 Å². The van der Waals surface area contributed by atoms with E-state index in [-0.39, 0.29) is 12.5 Å². The third-order valence-corrected chi connectivity index (χ3v) is 5.14. The first-order valence-corrected chi connectivity index (χ1v) is 9.39. The number of methoxy groups -OCH3 is 1. The Bertz CT molecular complexity index is 1030. The summed E-state index contributed by atoms with van der Waals surface area (Å²) >= 11 is 0. The van der Waals surface area contributed by atoms with Crippen LogP contribution in [0.15, 0.2) is 60.7 Å². The molecular formula is C22H21N3O4. The van der Waals surface area contributed by atoms with Crippen LogP contribution in [0.2, 0.25) is 0 Å². The van der Waals surface area contributed by atoms with E-state index >= 15 is 0 Å². The first-order chi connectivity index (χ1) is 14.1. The molecule has 1 N–H and O–H groups in total. The van der Waals surface area contributed by atoms with Crippen molar-refractivity contribution in [1.82, 2.24) is 14.7 Å². The van der Waals surface area contributed by atoms with Gasteiger partial charge in [0.25, 0.3) is 5.91 Å². The molecule has 0 unspecified atom stereocenters. The SMILES string of the molecule is COc1ccc(-c2cc(C(=O)N3CC[C@H](C(=O)O)C3)nn2-c2ccccc2)cc1. The van der Waals surface area contributed by atoms with E-state index in [9.17, 15) is 14.7 Å². The first kappa shape index (κ1) is 18.7. The van der Waals surface area contributed by atoms with E-state index in [0.717, 1.165) is 22.7 Å². The summed E-state index contributed by atoms with van der Waals surface area (Å²) in [4.78, 5) is 25.8. The topological polar surface area (TPSA) is 84.7 Å². The smallest absolute Gasteiger partial charge is 0.308 e. The molecule has 1 atom stereocenters. The zero-order valence-corrected chi connectivity index (χ0v) is 16.0. The molecule has 7 nitrogen and oxygen atoms in total. The molecule has 2 aromatic carbocycles. The third kappa shape index (κ3) is 3.71. The predicted octanol–water partition coefficient (Wildman–Crippen LogP) is 3.09. The second-order valence-electron chi connectivity index (χ2n) is 6.97. The van der Waals surface area contributed by atoms with Crippen molar-refractivity contribution >= 4 is 11.9 Å². The van der Waals surface area contributed by atoms with Gasteiger partial charge in [0.15, 0.2) is 5.69 Å².